The number of nitrogens with zero attached hydrogens (tertiary/aromatic N) is 5. The van der Waals surface area contributed by atoms with Gasteiger partial charge in [0.1, 0.15) is 12.0 Å². The lowest BCUT2D eigenvalue weighted by atomic mass is 9.83. The molecule has 1 aliphatic carbocycles. The monoisotopic (exact) mass is 957 g/mol. The SMILES string of the molecule is Cc1ncsc1-c1ccc([C@H](C)NC(=O)[C@@H]2C[C@@H](O[Si](c3ccccc3)(c3ccccc3)C(C)(C)C)CN2C(=O)C(c2cc(N3CC(CC4CCN(CC5(CO)CC5)CC4)C3)no2)C(C)C)cc1. The molecule has 362 valence electrons. The number of aromatic nitrogens is 2. The second kappa shape index (κ2) is 20.0. The van der Waals surface area contributed by atoms with Crippen molar-refractivity contribution in [3.05, 3.63) is 114 Å². The fourth-order valence-corrected chi connectivity index (χ4v) is 17.0. The molecule has 2 amide bonds. The summed E-state index contributed by atoms with van der Waals surface area (Å²) in [5.41, 5.74) is 5.12. The number of anilines is 1. The van der Waals surface area contributed by atoms with Gasteiger partial charge in [-0.2, -0.15) is 0 Å². The molecule has 11 nitrogen and oxygen atoms in total. The smallest absolute Gasteiger partial charge is 0.261 e. The maximum Gasteiger partial charge on any atom is 0.261 e. The van der Waals surface area contributed by atoms with Crippen molar-refractivity contribution in [2.24, 2.45) is 23.2 Å². The molecular formula is C55H72N6O5SSi. The first-order valence-corrected chi connectivity index (χ1v) is 27.9. The minimum Gasteiger partial charge on any atom is -0.403 e. The minimum atomic E-state index is -3.03. The number of piperidine rings is 1. The quantitative estimate of drug-likeness (QED) is 0.0883. The number of hydrogen-bond donors (Lipinski definition) is 2. The number of likely N-dealkylation sites (tertiary alicyclic amines) is 2. The van der Waals surface area contributed by atoms with Crippen molar-refractivity contribution in [1.82, 2.24) is 25.3 Å². The molecule has 5 aromatic rings. The summed E-state index contributed by atoms with van der Waals surface area (Å²) in [6.45, 7) is 20.7. The largest absolute Gasteiger partial charge is 0.403 e. The van der Waals surface area contributed by atoms with Crippen LogP contribution < -0.4 is 20.6 Å². The van der Waals surface area contributed by atoms with Crippen molar-refractivity contribution in [3.8, 4) is 10.4 Å². The first-order chi connectivity index (χ1) is 32.7. The van der Waals surface area contributed by atoms with Gasteiger partial charge < -0.3 is 34.1 Å². The molecule has 4 aliphatic rings. The van der Waals surface area contributed by atoms with Crippen LogP contribution in [0.1, 0.15) is 109 Å². The van der Waals surface area contributed by atoms with E-state index in [1.807, 2.05) is 51.4 Å². The minimum absolute atomic E-state index is 0.120. The van der Waals surface area contributed by atoms with Gasteiger partial charge in [-0.15, -0.1) is 11.3 Å². The van der Waals surface area contributed by atoms with Crippen LogP contribution in [0.3, 0.4) is 0 Å². The van der Waals surface area contributed by atoms with Crippen molar-refractivity contribution in [2.45, 2.75) is 116 Å². The molecule has 68 heavy (non-hydrogen) atoms. The van der Waals surface area contributed by atoms with E-state index in [-0.39, 0.29) is 40.8 Å². The number of aliphatic hydroxyl groups is 1. The van der Waals surface area contributed by atoms with Crippen LogP contribution in [0.25, 0.3) is 10.4 Å². The van der Waals surface area contributed by atoms with Crippen molar-refractivity contribution in [1.29, 1.82) is 0 Å². The molecule has 0 radical (unpaired) electrons. The first kappa shape index (κ1) is 48.4. The van der Waals surface area contributed by atoms with Gasteiger partial charge in [0, 0.05) is 50.7 Å². The van der Waals surface area contributed by atoms with E-state index < -0.39 is 26.4 Å². The Labute approximate surface area is 408 Å². The zero-order chi connectivity index (χ0) is 47.8. The lowest BCUT2D eigenvalue weighted by Crippen LogP contribution is -2.67. The average Bonchev–Trinajstić information content (AvgIpc) is 3.59. The van der Waals surface area contributed by atoms with Crippen molar-refractivity contribution < 1.29 is 23.6 Å². The van der Waals surface area contributed by atoms with Crippen LogP contribution in [0, 0.1) is 30.1 Å². The number of amides is 2. The van der Waals surface area contributed by atoms with Gasteiger partial charge in [-0.3, -0.25) is 9.59 Å². The second-order valence-electron chi connectivity index (χ2n) is 22.0. The van der Waals surface area contributed by atoms with Gasteiger partial charge in [-0.05, 0) is 103 Å². The molecule has 13 heteroatoms. The van der Waals surface area contributed by atoms with Gasteiger partial charge in [0.2, 0.25) is 11.8 Å². The van der Waals surface area contributed by atoms with Crippen LogP contribution >= 0.6 is 11.3 Å². The molecule has 2 aromatic heterocycles. The summed E-state index contributed by atoms with van der Waals surface area (Å²) in [4.78, 5) is 42.3. The third-order valence-corrected chi connectivity index (χ3v) is 21.7. The van der Waals surface area contributed by atoms with E-state index in [1.54, 1.807) is 16.2 Å². The average molecular weight is 957 g/mol. The molecule has 2 N–H and O–H groups in total. The summed E-state index contributed by atoms with van der Waals surface area (Å²) in [7, 11) is -3.03. The lowest BCUT2D eigenvalue weighted by molar-refractivity contribution is -0.141. The molecular weight excluding hydrogens is 885 g/mol. The van der Waals surface area contributed by atoms with Gasteiger partial charge in [-0.25, -0.2) is 4.98 Å². The predicted octanol–water partition coefficient (Wildman–Crippen LogP) is 8.58. The first-order valence-electron chi connectivity index (χ1n) is 25.1. The molecule has 1 saturated carbocycles. The number of carbonyl (C=O) groups is 2. The zero-order valence-corrected chi connectivity index (χ0v) is 43.0. The maximum absolute atomic E-state index is 15.3. The number of benzene rings is 3. The van der Waals surface area contributed by atoms with E-state index >= 15 is 4.79 Å². The van der Waals surface area contributed by atoms with Crippen LogP contribution in [0.2, 0.25) is 5.04 Å². The van der Waals surface area contributed by atoms with Gasteiger partial charge >= 0.3 is 0 Å². The van der Waals surface area contributed by atoms with E-state index in [0.29, 0.717) is 24.7 Å². The van der Waals surface area contributed by atoms with Gasteiger partial charge in [0.05, 0.1) is 28.2 Å². The summed E-state index contributed by atoms with van der Waals surface area (Å²) in [6.07, 6.45) is 5.96. The number of thiazole rings is 1. The highest BCUT2D eigenvalue weighted by molar-refractivity contribution is 7.13. The highest BCUT2D eigenvalue weighted by Gasteiger charge is 2.54. The number of carbonyl (C=O) groups excluding carboxylic acids is 2. The highest BCUT2D eigenvalue weighted by atomic mass is 32.1. The van der Waals surface area contributed by atoms with Crippen molar-refractivity contribution >= 4 is 47.7 Å². The molecule has 4 fully saturated rings. The van der Waals surface area contributed by atoms with Crippen LogP contribution in [-0.4, -0.2) is 103 Å². The Kier molecular flexibility index (Phi) is 14.2. The van der Waals surface area contributed by atoms with E-state index in [2.05, 4.69) is 119 Å². The number of hydrogen-bond acceptors (Lipinski definition) is 10. The predicted molar refractivity (Wildman–Crippen MR) is 274 cm³/mol. The highest BCUT2D eigenvalue weighted by Crippen LogP contribution is 2.46. The Morgan fingerprint density at radius 1 is 0.926 bits per heavy atom. The number of rotatable bonds is 17. The summed E-state index contributed by atoms with van der Waals surface area (Å²) in [6, 6.07) is 30.3. The molecule has 3 aliphatic heterocycles. The Morgan fingerprint density at radius 3 is 2.13 bits per heavy atom. The Hall–Kier alpha value is -4.66. The molecule has 0 bridgehead atoms. The summed E-state index contributed by atoms with van der Waals surface area (Å²) in [5, 5.41) is 19.7. The summed E-state index contributed by atoms with van der Waals surface area (Å²) >= 11 is 1.62. The van der Waals surface area contributed by atoms with Crippen LogP contribution in [0.5, 0.6) is 0 Å². The van der Waals surface area contributed by atoms with Crippen LogP contribution in [0.15, 0.2) is 101 Å². The lowest BCUT2D eigenvalue weighted by Gasteiger charge is -2.44. The molecule has 9 rings (SSSR count). The zero-order valence-electron chi connectivity index (χ0n) is 41.2. The molecule has 3 aromatic carbocycles. The van der Waals surface area contributed by atoms with Gasteiger partial charge in [0.15, 0.2) is 11.6 Å². The number of nitrogens with one attached hydrogen (secondary N) is 1. The molecule has 0 spiro atoms. The third kappa shape index (κ3) is 10.0. The molecule has 4 atom stereocenters. The van der Waals surface area contributed by atoms with E-state index in [9.17, 15) is 9.90 Å². The normalized spacial score (nSPS) is 21.2. The van der Waals surface area contributed by atoms with Crippen LogP contribution in [0.4, 0.5) is 5.82 Å². The molecule has 5 heterocycles. The third-order valence-electron chi connectivity index (χ3n) is 15.6. The van der Waals surface area contributed by atoms with Crippen LogP contribution in [-0.2, 0) is 14.0 Å². The Bertz CT molecular complexity index is 2430. The number of aryl methyl sites for hydroxylation is 1. The fourth-order valence-electron chi connectivity index (χ4n) is 11.5. The molecule has 1 unspecified atom stereocenters. The number of aliphatic hydroxyl groups excluding tert-OH is 1. The van der Waals surface area contributed by atoms with Crippen molar-refractivity contribution in [2.75, 3.05) is 50.8 Å². The maximum atomic E-state index is 15.3. The second-order valence-corrected chi connectivity index (χ2v) is 27.1. The Morgan fingerprint density at radius 2 is 1.57 bits per heavy atom. The van der Waals surface area contributed by atoms with Gasteiger partial charge in [0.25, 0.3) is 8.32 Å². The topological polar surface area (TPSA) is 124 Å². The van der Waals surface area contributed by atoms with Crippen molar-refractivity contribution in [3.63, 3.8) is 0 Å². The van der Waals surface area contributed by atoms with E-state index in [1.165, 1.54) is 19.3 Å². The van der Waals surface area contributed by atoms with E-state index in [4.69, 9.17) is 8.95 Å². The standard InChI is InChI=1S/C55H72N6O5SSi/c1-37(2)50(48-30-49(58-65-48)60-31-41(32-60)28-40-22-26-59(27-23-40)34-55(35-62)24-25-55)53(64)61-33-44(66-68(54(5,6)7,45-14-10-8-11-15-45)46-16-12-9-13-17-46)29-47(61)52(63)57-38(3)42-18-20-43(21-19-42)51-39(4)56-36-67-51/h8-21,30,36-38,40-41,44,47,50,62H,22-29,31-35H2,1-7H3,(H,57,63)/t38-,44+,47-,50?/m0/s1. The summed E-state index contributed by atoms with van der Waals surface area (Å²) in [5.74, 6) is 1.55. The fraction of sp³-hybridized carbons (Fsp3) is 0.527. The summed E-state index contributed by atoms with van der Waals surface area (Å²) < 4.78 is 13.8. The van der Waals surface area contributed by atoms with E-state index in [0.717, 1.165) is 89.4 Å². The Balaban J connectivity index is 0.930. The molecule has 3 saturated heterocycles. The van der Waals surface area contributed by atoms with Gasteiger partial charge in [-0.1, -0.05) is 125 Å².